The van der Waals surface area contributed by atoms with E-state index in [1.165, 1.54) is 11.4 Å². The van der Waals surface area contributed by atoms with Crippen LogP contribution in [0.5, 0.6) is 5.75 Å². The largest absolute Gasteiger partial charge is 0.487 e. The number of fused-ring (bicyclic) bond motifs is 1. The fraction of sp³-hybridized carbons (Fsp3) is 0.321. The highest BCUT2D eigenvalue weighted by Gasteiger charge is 2.22. The van der Waals surface area contributed by atoms with Crippen LogP contribution >= 0.6 is 0 Å². The van der Waals surface area contributed by atoms with Gasteiger partial charge in [-0.15, -0.1) is 0 Å². The molecule has 1 aromatic carbocycles. The summed E-state index contributed by atoms with van der Waals surface area (Å²) in [5.74, 6) is -2.02. The van der Waals surface area contributed by atoms with Crippen LogP contribution in [0, 0.1) is 25.5 Å². The van der Waals surface area contributed by atoms with E-state index < -0.39 is 17.5 Å². The normalized spacial score (nSPS) is 13.8. The Balaban J connectivity index is 1.38. The number of amides is 2. The molecule has 0 spiro atoms. The first-order chi connectivity index (χ1) is 19.2. The number of carbonyl (C=O) groups excluding carboxylic acids is 2. The van der Waals surface area contributed by atoms with Gasteiger partial charge >= 0.3 is 0 Å². The van der Waals surface area contributed by atoms with E-state index in [1.807, 2.05) is 6.92 Å². The summed E-state index contributed by atoms with van der Waals surface area (Å²) < 4.78 is 41.5. The van der Waals surface area contributed by atoms with Crippen molar-refractivity contribution < 1.29 is 27.8 Å². The Hall–Kier alpha value is -4.45. The smallest absolute Gasteiger partial charge is 0.253 e. The van der Waals surface area contributed by atoms with Gasteiger partial charge in [0, 0.05) is 49.2 Å². The number of aromatic nitrogens is 4. The van der Waals surface area contributed by atoms with Crippen molar-refractivity contribution in [3.8, 4) is 17.0 Å². The number of aryl methyl sites for hydroxylation is 2. The van der Waals surface area contributed by atoms with Crippen LogP contribution in [0.3, 0.4) is 0 Å². The third kappa shape index (κ3) is 5.91. The zero-order valence-corrected chi connectivity index (χ0v) is 22.3. The number of carbonyl (C=O) groups is 2. The van der Waals surface area contributed by atoms with Gasteiger partial charge in [0.25, 0.3) is 5.91 Å². The number of hydrogen-bond acceptors (Lipinski definition) is 7. The maximum atomic E-state index is 14.7. The number of halogens is 2. The van der Waals surface area contributed by atoms with Gasteiger partial charge in [-0.3, -0.25) is 14.6 Å². The SMILES string of the molecule is CC(=O)Nc1cn2nc(-c3cc(C(=O)NCc4cc(F)cc(F)c4OC4CCOCC4)c(C)nc3C)ccc2n1. The monoisotopic (exact) mass is 550 g/mol. The molecule has 1 aliphatic rings. The van der Waals surface area contributed by atoms with E-state index in [-0.39, 0.29) is 35.4 Å². The van der Waals surface area contributed by atoms with Crippen LogP contribution in [-0.2, 0) is 16.1 Å². The quantitative estimate of drug-likeness (QED) is 0.355. The summed E-state index contributed by atoms with van der Waals surface area (Å²) in [5.41, 5.74) is 3.31. The Kier molecular flexibility index (Phi) is 7.69. The van der Waals surface area contributed by atoms with Crippen LogP contribution in [0.2, 0.25) is 0 Å². The lowest BCUT2D eigenvalue weighted by molar-refractivity contribution is -0.114. The minimum atomic E-state index is -0.825. The molecule has 2 N–H and O–H groups in total. The maximum Gasteiger partial charge on any atom is 0.253 e. The van der Waals surface area contributed by atoms with Crippen molar-refractivity contribution in [1.82, 2.24) is 24.9 Å². The molecule has 208 valence electrons. The molecule has 0 aliphatic carbocycles. The maximum absolute atomic E-state index is 14.7. The second-order valence-electron chi connectivity index (χ2n) is 9.57. The van der Waals surface area contributed by atoms with Gasteiger partial charge in [-0.25, -0.2) is 18.3 Å². The van der Waals surface area contributed by atoms with Crippen molar-refractivity contribution in [2.75, 3.05) is 18.5 Å². The molecule has 3 aromatic heterocycles. The van der Waals surface area contributed by atoms with Crippen molar-refractivity contribution in [3.05, 3.63) is 70.7 Å². The molecule has 1 fully saturated rings. The number of rotatable bonds is 7. The topological polar surface area (TPSA) is 120 Å². The first-order valence-electron chi connectivity index (χ1n) is 12.8. The summed E-state index contributed by atoms with van der Waals surface area (Å²) in [6.07, 6.45) is 2.51. The third-order valence-corrected chi connectivity index (χ3v) is 6.53. The molecule has 40 heavy (non-hydrogen) atoms. The fourth-order valence-corrected chi connectivity index (χ4v) is 4.59. The van der Waals surface area contributed by atoms with E-state index in [0.29, 0.717) is 60.2 Å². The first-order valence-corrected chi connectivity index (χ1v) is 12.8. The molecule has 1 aliphatic heterocycles. The predicted molar refractivity (Wildman–Crippen MR) is 142 cm³/mol. The molecule has 1 saturated heterocycles. The number of anilines is 1. The summed E-state index contributed by atoms with van der Waals surface area (Å²) in [6.45, 7) is 5.75. The van der Waals surface area contributed by atoms with Gasteiger partial charge in [-0.1, -0.05) is 0 Å². The summed E-state index contributed by atoms with van der Waals surface area (Å²) in [4.78, 5) is 33.5. The van der Waals surface area contributed by atoms with E-state index in [1.54, 1.807) is 31.3 Å². The molecule has 4 aromatic rings. The van der Waals surface area contributed by atoms with E-state index >= 15 is 0 Å². The van der Waals surface area contributed by atoms with Crippen molar-refractivity contribution in [3.63, 3.8) is 0 Å². The molecule has 0 saturated carbocycles. The Bertz CT molecular complexity index is 1600. The number of benzene rings is 1. The van der Waals surface area contributed by atoms with Crippen LogP contribution in [0.4, 0.5) is 14.6 Å². The second-order valence-corrected chi connectivity index (χ2v) is 9.57. The zero-order valence-electron chi connectivity index (χ0n) is 22.3. The molecule has 0 bridgehead atoms. The van der Waals surface area contributed by atoms with Gasteiger partial charge in [-0.2, -0.15) is 5.10 Å². The van der Waals surface area contributed by atoms with Gasteiger partial charge < -0.3 is 20.1 Å². The number of nitrogens with one attached hydrogen (secondary N) is 2. The fourth-order valence-electron chi connectivity index (χ4n) is 4.59. The third-order valence-electron chi connectivity index (χ3n) is 6.53. The molecular formula is C28H28F2N6O4. The minimum Gasteiger partial charge on any atom is -0.487 e. The average molecular weight is 551 g/mol. The first kappa shape index (κ1) is 27.1. The second kappa shape index (κ2) is 11.3. The highest BCUT2D eigenvalue weighted by atomic mass is 19.1. The molecule has 5 rings (SSSR count). The molecular weight excluding hydrogens is 522 g/mol. The highest BCUT2D eigenvalue weighted by molar-refractivity contribution is 5.96. The molecule has 0 unspecified atom stereocenters. The van der Waals surface area contributed by atoms with Crippen molar-refractivity contribution in [2.24, 2.45) is 0 Å². The van der Waals surface area contributed by atoms with E-state index in [9.17, 15) is 18.4 Å². The van der Waals surface area contributed by atoms with Crippen LogP contribution < -0.4 is 15.4 Å². The molecule has 12 heteroatoms. The van der Waals surface area contributed by atoms with E-state index in [2.05, 4.69) is 25.7 Å². The average Bonchev–Trinajstić information content (AvgIpc) is 3.30. The molecule has 0 radical (unpaired) electrons. The van der Waals surface area contributed by atoms with Crippen LogP contribution in [-0.4, -0.2) is 50.7 Å². The highest BCUT2D eigenvalue weighted by Crippen LogP contribution is 2.28. The van der Waals surface area contributed by atoms with E-state index in [0.717, 1.165) is 12.1 Å². The summed E-state index contributed by atoms with van der Waals surface area (Å²) in [5, 5.41) is 9.93. The Morgan fingerprint density at radius 3 is 2.62 bits per heavy atom. The van der Waals surface area contributed by atoms with Crippen molar-refractivity contribution in [1.29, 1.82) is 0 Å². The van der Waals surface area contributed by atoms with Crippen molar-refractivity contribution in [2.45, 2.75) is 46.3 Å². The standard InChI is InChI=1S/C28H28F2N6O4/c1-15-21(24-4-5-26-34-25(33-17(3)37)14-36(26)35-24)12-22(16(2)32-15)28(38)31-13-18-10-19(29)11-23(30)27(18)40-20-6-8-39-9-7-20/h4-5,10-12,14,20H,6-9,13H2,1-3H3,(H,31,38)(H,33,37). The summed E-state index contributed by atoms with van der Waals surface area (Å²) >= 11 is 0. The lowest BCUT2D eigenvalue weighted by atomic mass is 10.0. The van der Waals surface area contributed by atoms with Crippen LogP contribution in [0.15, 0.2) is 36.5 Å². The minimum absolute atomic E-state index is 0.0792. The molecule has 4 heterocycles. The Morgan fingerprint density at radius 1 is 1.10 bits per heavy atom. The zero-order chi connectivity index (χ0) is 28.4. The number of hydrogen-bond donors (Lipinski definition) is 2. The predicted octanol–water partition coefficient (Wildman–Crippen LogP) is 4.13. The lowest BCUT2D eigenvalue weighted by Crippen LogP contribution is -2.28. The lowest BCUT2D eigenvalue weighted by Gasteiger charge is -2.25. The van der Waals surface area contributed by atoms with Gasteiger partial charge in [0.15, 0.2) is 23.0 Å². The number of imidazole rings is 1. The van der Waals surface area contributed by atoms with E-state index in [4.69, 9.17) is 9.47 Å². The Labute approximate surface area is 228 Å². The van der Waals surface area contributed by atoms with Gasteiger partial charge in [0.2, 0.25) is 5.91 Å². The number of ether oxygens (including phenoxy) is 2. The molecule has 10 nitrogen and oxygen atoms in total. The van der Waals surface area contributed by atoms with Gasteiger partial charge in [0.05, 0.1) is 36.4 Å². The van der Waals surface area contributed by atoms with Crippen LogP contribution in [0.1, 0.15) is 47.1 Å². The Morgan fingerprint density at radius 2 is 1.88 bits per heavy atom. The molecule has 0 atom stereocenters. The number of pyridine rings is 1. The molecule has 2 amide bonds. The summed E-state index contributed by atoms with van der Waals surface area (Å²) in [7, 11) is 0. The van der Waals surface area contributed by atoms with Gasteiger partial charge in [0.1, 0.15) is 11.9 Å². The summed E-state index contributed by atoms with van der Waals surface area (Å²) in [6, 6.07) is 7.09. The number of nitrogens with zero attached hydrogens (tertiary/aromatic N) is 4. The van der Waals surface area contributed by atoms with Crippen LogP contribution in [0.25, 0.3) is 16.9 Å². The van der Waals surface area contributed by atoms with Gasteiger partial charge in [-0.05, 0) is 38.1 Å². The van der Waals surface area contributed by atoms with Crippen molar-refractivity contribution >= 4 is 23.3 Å².